The van der Waals surface area contributed by atoms with Crippen molar-refractivity contribution in [1.82, 2.24) is 0 Å². The molecule has 6 nitrogen and oxygen atoms in total. The van der Waals surface area contributed by atoms with E-state index in [1.54, 1.807) is 66.7 Å². The average molecular weight is 580 g/mol. The van der Waals surface area contributed by atoms with Gasteiger partial charge in [-0.3, -0.25) is 0 Å². The van der Waals surface area contributed by atoms with E-state index in [1.165, 1.54) is 25.3 Å². The quantitative estimate of drug-likeness (QED) is 0.229. The summed E-state index contributed by atoms with van der Waals surface area (Å²) in [4.78, 5) is 22.7. The largest absolute Gasteiger partial charge is 0.478 e. The van der Waals surface area contributed by atoms with E-state index in [1.807, 2.05) is 0 Å². The van der Waals surface area contributed by atoms with Crippen LogP contribution in [-0.2, 0) is 4.74 Å². The Kier molecular flexibility index (Phi) is 10.1. The fourth-order valence-corrected chi connectivity index (χ4v) is 3.64. The zero-order valence-electron chi connectivity index (χ0n) is 19.1. The van der Waals surface area contributed by atoms with Gasteiger partial charge in [0.1, 0.15) is 34.1 Å². The van der Waals surface area contributed by atoms with Gasteiger partial charge in [0, 0.05) is 20.1 Å². The SMILES string of the molecule is COC(=O)c1cc(Cl)ccc1Oc1cccc(Cl)c1.O=C(O)c1cc(Cl)ccc1Oc1cccc(Cl)c1. The molecular weight excluding hydrogens is 562 g/mol. The number of carboxylic acids is 1. The van der Waals surface area contributed by atoms with E-state index in [-0.39, 0.29) is 16.9 Å². The summed E-state index contributed by atoms with van der Waals surface area (Å²) in [5.74, 6) is -0.0472. The first kappa shape index (κ1) is 28.2. The number of rotatable bonds is 6. The van der Waals surface area contributed by atoms with Gasteiger partial charge in [-0.25, -0.2) is 9.59 Å². The van der Waals surface area contributed by atoms with Crippen molar-refractivity contribution in [3.63, 3.8) is 0 Å². The first-order valence-electron chi connectivity index (χ1n) is 10.4. The van der Waals surface area contributed by atoms with E-state index in [2.05, 4.69) is 4.74 Å². The third-order valence-electron chi connectivity index (χ3n) is 4.57. The number of carboxylic acid groups (broad SMARTS) is 1. The highest BCUT2D eigenvalue weighted by atomic mass is 35.5. The number of hydrogen-bond acceptors (Lipinski definition) is 5. The molecule has 0 aliphatic rings. The molecule has 0 aliphatic heterocycles. The molecule has 0 fully saturated rings. The highest BCUT2D eigenvalue weighted by molar-refractivity contribution is 6.31. The number of ether oxygens (including phenoxy) is 3. The molecule has 0 aromatic heterocycles. The second-order valence-corrected chi connectivity index (χ2v) is 8.94. The molecule has 0 saturated carbocycles. The lowest BCUT2D eigenvalue weighted by atomic mass is 10.2. The minimum atomic E-state index is -1.10. The molecule has 4 rings (SSSR count). The molecule has 0 saturated heterocycles. The van der Waals surface area contributed by atoms with Crippen molar-refractivity contribution in [3.05, 3.63) is 116 Å². The van der Waals surface area contributed by atoms with Gasteiger partial charge >= 0.3 is 11.9 Å². The lowest BCUT2D eigenvalue weighted by Gasteiger charge is -2.10. The van der Waals surface area contributed by atoms with Crippen molar-refractivity contribution in [2.24, 2.45) is 0 Å². The molecule has 0 bridgehead atoms. The number of esters is 1. The molecular formula is C27H18Cl4O6. The van der Waals surface area contributed by atoms with Gasteiger partial charge in [-0.05, 0) is 72.8 Å². The van der Waals surface area contributed by atoms with Crippen LogP contribution in [0.1, 0.15) is 20.7 Å². The molecule has 1 N–H and O–H groups in total. The summed E-state index contributed by atoms with van der Waals surface area (Å²) in [6, 6.07) is 22.7. The fourth-order valence-electron chi connectivity index (χ4n) is 2.93. The van der Waals surface area contributed by atoms with Gasteiger partial charge in [0.25, 0.3) is 0 Å². The van der Waals surface area contributed by atoms with Crippen LogP contribution in [0.2, 0.25) is 20.1 Å². The van der Waals surface area contributed by atoms with Crippen LogP contribution in [-0.4, -0.2) is 24.2 Å². The topological polar surface area (TPSA) is 82.1 Å². The Hall–Kier alpha value is -3.42. The van der Waals surface area contributed by atoms with Crippen molar-refractivity contribution in [2.45, 2.75) is 0 Å². The first-order valence-corrected chi connectivity index (χ1v) is 11.9. The summed E-state index contributed by atoms with van der Waals surface area (Å²) < 4.78 is 15.8. The maximum atomic E-state index is 11.7. The van der Waals surface area contributed by atoms with E-state index < -0.39 is 11.9 Å². The van der Waals surface area contributed by atoms with Crippen LogP contribution in [0.4, 0.5) is 0 Å². The molecule has 4 aromatic rings. The molecule has 0 atom stereocenters. The summed E-state index contributed by atoms with van der Waals surface area (Å²) in [6.45, 7) is 0. The molecule has 0 unspecified atom stereocenters. The lowest BCUT2D eigenvalue weighted by Crippen LogP contribution is -2.03. The molecule has 37 heavy (non-hydrogen) atoms. The van der Waals surface area contributed by atoms with Crippen molar-refractivity contribution in [2.75, 3.05) is 7.11 Å². The van der Waals surface area contributed by atoms with Crippen molar-refractivity contribution in [3.8, 4) is 23.0 Å². The Morgan fingerprint density at radius 1 is 0.622 bits per heavy atom. The zero-order chi connectivity index (χ0) is 26.9. The second kappa shape index (κ2) is 13.2. The minimum absolute atomic E-state index is 0.00229. The average Bonchev–Trinajstić information content (AvgIpc) is 2.86. The summed E-state index contributed by atoms with van der Waals surface area (Å²) in [7, 11) is 1.30. The number of aromatic carboxylic acids is 1. The molecule has 0 spiro atoms. The number of carbonyl (C=O) groups is 2. The van der Waals surface area contributed by atoms with Gasteiger partial charge in [-0.2, -0.15) is 0 Å². The predicted molar refractivity (Wildman–Crippen MR) is 144 cm³/mol. The zero-order valence-corrected chi connectivity index (χ0v) is 22.1. The molecule has 10 heteroatoms. The summed E-state index contributed by atoms with van der Waals surface area (Å²) >= 11 is 23.3. The smallest absolute Gasteiger partial charge is 0.341 e. The number of methoxy groups -OCH3 is 1. The standard InChI is InChI=1S/C14H10Cl2O3.C13H8Cl2O3/c1-18-14(17)12-8-10(16)5-6-13(12)19-11-4-2-3-9(15)7-11;14-8-2-1-3-10(6-8)18-12-5-4-9(15)7-11(12)13(16)17/h2-8H,1H3;1-7H,(H,16,17). The number of carbonyl (C=O) groups excluding carboxylic acids is 1. The molecule has 0 radical (unpaired) electrons. The van der Waals surface area contributed by atoms with Crippen LogP contribution < -0.4 is 9.47 Å². The van der Waals surface area contributed by atoms with Gasteiger partial charge in [0.05, 0.1) is 7.11 Å². The van der Waals surface area contributed by atoms with Crippen molar-refractivity contribution < 1.29 is 28.9 Å². The van der Waals surface area contributed by atoms with Crippen LogP contribution in [0, 0.1) is 0 Å². The van der Waals surface area contributed by atoms with Crippen LogP contribution in [0.5, 0.6) is 23.0 Å². The summed E-state index contributed by atoms with van der Waals surface area (Å²) in [5.41, 5.74) is 0.262. The molecule has 0 aliphatic carbocycles. The van der Waals surface area contributed by atoms with E-state index in [9.17, 15) is 9.59 Å². The Morgan fingerprint density at radius 2 is 1.05 bits per heavy atom. The molecule has 0 amide bonds. The Labute approximate surface area is 232 Å². The van der Waals surface area contributed by atoms with Gasteiger partial charge in [-0.1, -0.05) is 58.5 Å². The van der Waals surface area contributed by atoms with Crippen LogP contribution in [0.15, 0.2) is 84.9 Å². The fraction of sp³-hybridized carbons (Fsp3) is 0.0370. The highest BCUT2D eigenvalue weighted by Gasteiger charge is 2.15. The molecule has 0 heterocycles. The Bertz CT molecular complexity index is 1420. The van der Waals surface area contributed by atoms with Crippen LogP contribution in [0.3, 0.4) is 0 Å². The number of hydrogen-bond donors (Lipinski definition) is 1. The van der Waals surface area contributed by atoms with Crippen molar-refractivity contribution >= 4 is 58.3 Å². The summed E-state index contributed by atoms with van der Waals surface area (Å²) in [5, 5.41) is 10.9. The van der Waals surface area contributed by atoms with Gasteiger partial charge in [0.15, 0.2) is 0 Å². The van der Waals surface area contributed by atoms with E-state index in [4.69, 9.17) is 61.0 Å². The highest BCUT2D eigenvalue weighted by Crippen LogP contribution is 2.30. The van der Waals surface area contributed by atoms with Crippen LogP contribution >= 0.6 is 46.4 Å². The maximum Gasteiger partial charge on any atom is 0.341 e. The van der Waals surface area contributed by atoms with Crippen molar-refractivity contribution in [1.29, 1.82) is 0 Å². The number of benzene rings is 4. The second-order valence-electron chi connectivity index (χ2n) is 7.20. The van der Waals surface area contributed by atoms with E-state index in [0.717, 1.165) is 0 Å². The monoisotopic (exact) mass is 578 g/mol. The third-order valence-corrected chi connectivity index (χ3v) is 5.51. The van der Waals surface area contributed by atoms with E-state index >= 15 is 0 Å². The first-order chi connectivity index (χ1) is 17.7. The minimum Gasteiger partial charge on any atom is -0.478 e. The van der Waals surface area contributed by atoms with Crippen LogP contribution in [0.25, 0.3) is 0 Å². The number of halogens is 4. The van der Waals surface area contributed by atoms with Gasteiger partial charge in [0.2, 0.25) is 0 Å². The summed E-state index contributed by atoms with van der Waals surface area (Å²) in [6.07, 6.45) is 0. The Morgan fingerprint density at radius 3 is 1.49 bits per heavy atom. The molecule has 190 valence electrons. The third kappa shape index (κ3) is 8.30. The van der Waals surface area contributed by atoms with Gasteiger partial charge in [-0.15, -0.1) is 0 Å². The normalized spacial score (nSPS) is 10.1. The van der Waals surface area contributed by atoms with E-state index in [0.29, 0.717) is 37.3 Å². The maximum absolute atomic E-state index is 11.7. The Balaban J connectivity index is 0.000000206. The molecule has 4 aromatic carbocycles. The van der Waals surface area contributed by atoms with Gasteiger partial charge < -0.3 is 19.3 Å². The lowest BCUT2D eigenvalue weighted by molar-refractivity contribution is 0.0597. The predicted octanol–water partition coefficient (Wildman–Crippen LogP) is 9.06.